The highest BCUT2D eigenvalue weighted by Crippen LogP contribution is 2.29. The van der Waals surface area contributed by atoms with Gasteiger partial charge in [-0.25, -0.2) is 0 Å². The van der Waals surface area contributed by atoms with Gasteiger partial charge in [0.15, 0.2) is 0 Å². The lowest BCUT2D eigenvalue weighted by Crippen LogP contribution is -2.32. The molecule has 0 unspecified atom stereocenters. The molecule has 1 rings (SSSR count). The second-order valence-electron chi connectivity index (χ2n) is 4.01. The van der Waals surface area contributed by atoms with E-state index < -0.39 is 11.4 Å². The maximum atomic E-state index is 11.8. The third-order valence-corrected chi connectivity index (χ3v) is 3.16. The van der Waals surface area contributed by atoms with E-state index in [1.165, 1.54) is 11.3 Å². The Balaban J connectivity index is 2.68. The van der Waals surface area contributed by atoms with Gasteiger partial charge in [-0.05, 0) is 12.1 Å². The van der Waals surface area contributed by atoms with Gasteiger partial charge in [0.1, 0.15) is 0 Å². The third kappa shape index (κ3) is 3.50. The second kappa shape index (κ2) is 4.84. The number of carbonyl (C=O) groups excluding carboxylic acids is 1. The van der Waals surface area contributed by atoms with Crippen LogP contribution in [0, 0.1) is 5.41 Å². The topological polar surface area (TPSA) is 66.4 Å². The molecule has 0 aliphatic rings. The first-order valence-corrected chi connectivity index (χ1v) is 5.79. The molecule has 1 aromatic heterocycles. The number of nitrogens with one attached hydrogen (secondary N) is 1. The average molecular weight is 262 g/mol. The number of aliphatic carboxylic acids is 1. The van der Waals surface area contributed by atoms with Gasteiger partial charge in [0.2, 0.25) is 5.91 Å². The Labute approximate surface area is 102 Å². The molecule has 16 heavy (non-hydrogen) atoms. The summed E-state index contributed by atoms with van der Waals surface area (Å²) in [6.07, 6.45) is -0.210. The van der Waals surface area contributed by atoms with Crippen LogP contribution in [-0.2, 0) is 9.59 Å². The van der Waals surface area contributed by atoms with Crippen LogP contribution in [-0.4, -0.2) is 17.0 Å². The van der Waals surface area contributed by atoms with Crippen molar-refractivity contribution in [3.05, 3.63) is 16.5 Å². The van der Waals surface area contributed by atoms with E-state index in [0.717, 1.165) is 0 Å². The lowest BCUT2D eigenvalue weighted by molar-refractivity contribution is -0.142. The molecule has 0 spiro atoms. The van der Waals surface area contributed by atoms with Crippen molar-refractivity contribution in [3.63, 3.8) is 0 Å². The number of carboxylic acid groups (broad SMARTS) is 1. The molecule has 0 aromatic carbocycles. The van der Waals surface area contributed by atoms with E-state index in [1.54, 1.807) is 26.0 Å². The first-order valence-electron chi connectivity index (χ1n) is 4.60. The molecule has 0 aliphatic heterocycles. The molecular weight excluding hydrogens is 250 g/mol. The number of carbonyl (C=O) groups is 2. The number of carboxylic acids is 1. The minimum absolute atomic E-state index is 0.210. The van der Waals surface area contributed by atoms with E-state index in [4.69, 9.17) is 16.7 Å². The molecule has 2 N–H and O–H groups in total. The van der Waals surface area contributed by atoms with Crippen molar-refractivity contribution >= 4 is 39.8 Å². The zero-order valence-electron chi connectivity index (χ0n) is 8.91. The average Bonchev–Trinajstić information content (AvgIpc) is 2.48. The molecule has 1 amide bonds. The third-order valence-electron chi connectivity index (χ3n) is 2.02. The molecule has 0 aliphatic carbocycles. The molecule has 0 saturated carbocycles. The molecular formula is C10H12ClNO3S. The van der Waals surface area contributed by atoms with Crippen molar-refractivity contribution in [1.82, 2.24) is 0 Å². The fourth-order valence-corrected chi connectivity index (χ4v) is 2.06. The van der Waals surface area contributed by atoms with Crippen LogP contribution in [0.15, 0.2) is 12.1 Å². The molecule has 1 aromatic rings. The summed E-state index contributed by atoms with van der Waals surface area (Å²) in [5.41, 5.74) is -0.942. The highest BCUT2D eigenvalue weighted by Gasteiger charge is 2.30. The number of hydrogen-bond acceptors (Lipinski definition) is 3. The lowest BCUT2D eigenvalue weighted by Gasteiger charge is -2.20. The van der Waals surface area contributed by atoms with Crippen LogP contribution in [0.3, 0.4) is 0 Å². The normalized spacial score (nSPS) is 11.2. The minimum atomic E-state index is -0.996. The van der Waals surface area contributed by atoms with Gasteiger partial charge < -0.3 is 10.4 Å². The molecule has 88 valence electrons. The standard InChI is InChI=1S/C10H12ClNO3S/c1-10(2,5-8(13)14)9(15)12-7-4-3-6(11)16-7/h3-4H,5H2,1-2H3,(H,12,15)(H,13,14). The fraction of sp³-hybridized carbons (Fsp3) is 0.400. The molecule has 1 heterocycles. The van der Waals surface area contributed by atoms with Crippen molar-refractivity contribution in [2.45, 2.75) is 20.3 Å². The first-order chi connectivity index (χ1) is 7.31. The van der Waals surface area contributed by atoms with E-state index >= 15 is 0 Å². The van der Waals surface area contributed by atoms with Crippen molar-refractivity contribution in [3.8, 4) is 0 Å². The summed E-state index contributed by atoms with van der Waals surface area (Å²) in [5.74, 6) is -1.32. The van der Waals surface area contributed by atoms with Gasteiger partial charge in [-0.3, -0.25) is 9.59 Å². The highest BCUT2D eigenvalue weighted by molar-refractivity contribution is 7.20. The van der Waals surface area contributed by atoms with Crippen LogP contribution in [0.25, 0.3) is 0 Å². The second-order valence-corrected chi connectivity index (χ2v) is 5.73. The number of rotatable bonds is 4. The lowest BCUT2D eigenvalue weighted by atomic mass is 9.88. The SMILES string of the molecule is CC(C)(CC(=O)O)C(=O)Nc1ccc(Cl)s1. The van der Waals surface area contributed by atoms with Crippen LogP contribution >= 0.6 is 22.9 Å². The van der Waals surface area contributed by atoms with Crippen LogP contribution in [0.4, 0.5) is 5.00 Å². The fourth-order valence-electron chi connectivity index (χ4n) is 1.12. The Kier molecular flexibility index (Phi) is 3.93. The molecule has 0 saturated heterocycles. The Morgan fingerprint density at radius 2 is 2.12 bits per heavy atom. The van der Waals surface area contributed by atoms with Crippen molar-refractivity contribution in [1.29, 1.82) is 0 Å². The predicted octanol–water partition coefficient (Wildman–Crippen LogP) is 2.84. The van der Waals surface area contributed by atoms with E-state index in [2.05, 4.69) is 5.32 Å². The predicted molar refractivity (Wildman–Crippen MR) is 64.0 cm³/mol. The van der Waals surface area contributed by atoms with Gasteiger partial charge in [0.25, 0.3) is 0 Å². The smallest absolute Gasteiger partial charge is 0.304 e. The molecule has 6 heteroatoms. The minimum Gasteiger partial charge on any atom is -0.481 e. The monoisotopic (exact) mass is 261 g/mol. The van der Waals surface area contributed by atoms with Gasteiger partial charge in [-0.1, -0.05) is 25.4 Å². The summed E-state index contributed by atoms with van der Waals surface area (Å²) in [6, 6.07) is 3.35. The number of amides is 1. The van der Waals surface area contributed by atoms with E-state index in [-0.39, 0.29) is 12.3 Å². The molecule has 0 radical (unpaired) electrons. The zero-order chi connectivity index (χ0) is 12.3. The number of hydrogen-bond donors (Lipinski definition) is 2. The summed E-state index contributed by atoms with van der Waals surface area (Å²) in [6.45, 7) is 3.18. The highest BCUT2D eigenvalue weighted by atomic mass is 35.5. The maximum absolute atomic E-state index is 11.8. The van der Waals surface area contributed by atoms with Gasteiger partial charge in [0.05, 0.1) is 21.2 Å². The summed E-state index contributed by atoms with van der Waals surface area (Å²) in [7, 11) is 0. The quantitative estimate of drug-likeness (QED) is 0.876. The molecule has 0 atom stereocenters. The maximum Gasteiger partial charge on any atom is 0.304 e. The number of thiophene rings is 1. The molecule has 0 bridgehead atoms. The number of halogens is 1. The Morgan fingerprint density at radius 3 is 2.56 bits per heavy atom. The van der Waals surface area contributed by atoms with E-state index in [1.807, 2.05) is 0 Å². The van der Waals surface area contributed by atoms with Crippen molar-refractivity contribution < 1.29 is 14.7 Å². The Hall–Kier alpha value is -1.07. The van der Waals surface area contributed by atoms with E-state index in [9.17, 15) is 9.59 Å². The largest absolute Gasteiger partial charge is 0.481 e. The first kappa shape index (κ1) is 13.0. The van der Waals surface area contributed by atoms with Crippen LogP contribution in [0.5, 0.6) is 0 Å². The Bertz CT molecular complexity index is 414. The summed E-state index contributed by atoms with van der Waals surface area (Å²) in [5, 5.41) is 11.9. The van der Waals surface area contributed by atoms with Gasteiger partial charge in [-0.2, -0.15) is 0 Å². The summed E-state index contributed by atoms with van der Waals surface area (Å²) in [4.78, 5) is 22.3. The van der Waals surface area contributed by atoms with Crippen molar-refractivity contribution in [2.24, 2.45) is 5.41 Å². The van der Waals surface area contributed by atoms with E-state index in [0.29, 0.717) is 9.34 Å². The summed E-state index contributed by atoms with van der Waals surface area (Å²) >= 11 is 6.95. The van der Waals surface area contributed by atoms with Gasteiger partial charge in [0, 0.05) is 0 Å². The van der Waals surface area contributed by atoms with Crippen LogP contribution in [0.2, 0.25) is 4.34 Å². The summed E-state index contributed by atoms with van der Waals surface area (Å²) < 4.78 is 0.575. The van der Waals surface area contributed by atoms with Crippen molar-refractivity contribution in [2.75, 3.05) is 5.32 Å². The number of anilines is 1. The van der Waals surface area contributed by atoms with Gasteiger partial charge in [-0.15, -0.1) is 11.3 Å². The molecule has 4 nitrogen and oxygen atoms in total. The van der Waals surface area contributed by atoms with Gasteiger partial charge >= 0.3 is 5.97 Å². The van der Waals surface area contributed by atoms with Crippen LogP contribution in [0.1, 0.15) is 20.3 Å². The zero-order valence-corrected chi connectivity index (χ0v) is 10.5. The Morgan fingerprint density at radius 1 is 1.50 bits per heavy atom. The van der Waals surface area contributed by atoms with Crippen LogP contribution < -0.4 is 5.32 Å². The molecule has 0 fully saturated rings.